The molecule has 0 fully saturated rings. The van der Waals surface area contributed by atoms with Gasteiger partial charge in [0, 0.05) is 5.39 Å². The van der Waals surface area contributed by atoms with Crippen molar-refractivity contribution in [3.05, 3.63) is 60.2 Å². The Labute approximate surface area is 181 Å². The highest BCUT2D eigenvalue weighted by Crippen LogP contribution is 2.29. The maximum atomic E-state index is 12.7. The fourth-order valence-electron chi connectivity index (χ4n) is 2.87. The van der Waals surface area contributed by atoms with Gasteiger partial charge in [-0.15, -0.1) is 0 Å². The fraction of sp³-hybridized carbons (Fsp3) is 0.182. The first-order valence-corrected chi connectivity index (χ1v) is 11.1. The minimum absolute atomic E-state index is 0.153. The first-order chi connectivity index (χ1) is 14.5. The average Bonchev–Trinajstić information content (AvgIpc) is 3.15. The molecule has 0 saturated heterocycles. The number of esters is 1. The van der Waals surface area contributed by atoms with Crippen molar-refractivity contribution in [1.82, 2.24) is 9.97 Å². The van der Waals surface area contributed by atoms with Crippen LogP contribution in [0.25, 0.3) is 21.1 Å². The number of hydrogen-bond donors (Lipinski definition) is 1. The number of carbonyl (C=O) groups excluding carboxylic acids is 2. The summed E-state index contributed by atoms with van der Waals surface area (Å²) < 4.78 is 5.84. The predicted molar refractivity (Wildman–Crippen MR) is 121 cm³/mol. The summed E-state index contributed by atoms with van der Waals surface area (Å²) in [5.41, 5.74) is 2.09. The maximum absolute atomic E-state index is 12.7. The number of fused-ring (bicyclic) bond motifs is 2. The molecular formula is C22H19N3O3S2. The first kappa shape index (κ1) is 20.3. The maximum Gasteiger partial charge on any atom is 0.338 e. The van der Waals surface area contributed by atoms with Crippen molar-refractivity contribution in [2.24, 2.45) is 0 Å². The van der Waals surface area contributed by atoms with Crippen LogP contribution in [0.15, 0.2) is 59.6 Å². The van der Waals surface area contributed by atoms with Gasteiger partial charge in [0.05, 0.1) is 38.2 Å². The number of nitrogens with one attached hydrogen (secondary N) is 1. The zero-order valence-corrected chi connectivity index (χ0v) is 18.0. The molecule has 1 amide bonds. The largest absolute Gasteiger partial charge is 0.462 e. The van der Waals surface area contributed by atoms with E-state index in [0.717, 1.165) is 26.1 Å². The lowest BCUT2D eigenvalue weighted by atomic mass is 10.2. The molecule has 2 aromatic heterocycles. The van der Waals surface area contributed by atoms with Crippen molar-refractivity contribution in [2.45, 2.75) is 24.1 Å². The Bertz CT molecular complexity index is 1240. The van der Waals surface area contributed by atoms with Crippen LogP contribution < -0.4 is 5.32 Å². The van der Waals surface area contributed by atoms with E-state index in [4.69, 9.17) is 4.74 Å². The van der Waals surface area contributed by atoms with Gasteiger partial charge in [0.25, 0.3) is 0 Å². The van der Waals surface area contributed by atoms with Gasteiger partial charge in [0.15, 0.2) is 5.13 Å². The summed E-state index contributed by atoms with van der Waals surface area (Å²) >= 11 is 2.72. The number of nitrogens with zero attached hydrogens (tertiary/aromatic N) is 2. The van der Waals surface area contributed by atoms with E-state index in [1.165, 1.54) is 23.1 Å². The number of aromatic nitrogens is 2. The molecule has 0 spiro atoms. The number of ether oxygens (including phenoxy) is 1. The number of pyridine rings is 1. The second-order valence-electron chi connectivity index (χ2n) is 6.51. The number of hydrogen-bond acceptors (Lipinski definition) is 7. The molecule has 0 bridgehead atoms. The molecule has 0 aliphatic heterocycles. The number of thiazole rings is 1. The molecule has 1 atom stereocenters. The Balaban J connectivity index is 1.45. The van der Waals surface area contributed by atoms with Gasteiger partial charge in [0.2, 0.25) is 5.91 Å². The highest BCUT2D eigenvalue weighted by atomic mass is 32.2. The topological polar surface area (TPSA) is 81.2 Å². The lowest BCUT2D eigenvalue weighted by molar-refractivity contribution is -0.115. The zero-order chi connectivity index (χ0) is 21.1. The molecule has 4 aromatic rings. The van der Waals surface area contributed by atoms with E-state index in [1.54, 1.807) is 25.1 Å². The van der Waals surface area contributed by atoms with Crippen LogP contribution in [0.5, 0.6) is 0 Å². The highest BCUT2D eigenvalue weighted by molar-refractivity contribution is 8.00. The van der Waals surface area contributed by atoms with E-state index >= 15 is 0 Å². The lowest BCUT2D eigenvalue weighted by Crippen LogP contribution is -2.22. The fourth-order valence-corrected chi connectivity index (χ4v) is 4.61. The van der Waals surface area contributed by atoms with Crippen LogP contribution in [0.2, 0.25) is 0 Å². The van der Waals surface area contributed by atoms with Gasteiger partial charge in [-0.3, -0.25) is 4.79 Å². The zero-order valence-electron chi connectivity index (χ0n) is 16.4. The van der Waals surface area contributed by atoms with E-state index in [2.05, 4.69) is 15.3 Å². The summed E-state index contributed by atoms with van der Waals surface area (Å²) in [6.45, 7) is 3.93. The molecule has 0 saturated carbocycles. The molecule has 8 heteroatoms. The van der Waals surface area contributed by atoms with Gasteiger partial charge in [-0.25, -0.2) is 14.8 Å². The van der Waals surface area contributed by atoms with E-state index in [1.807, 2.05) is 43.3 Å². The second-order valence-corrected chi connectivity index (χ2v) is 8.91. The number of anilines is 1. The summed E-state index contributed by atoms with van der Waals surface area (Å²) in [5.74, 6) is -0.522. The number of carbonyl (C=O) groups is 2. The Morgan fingerprint density at radius 2 is 1.93 bits per heavy atom. The number of thioether (sulfide) groups is 1. The molecule has 1 unspecified atom stereocenters. The molecule has 152 valence electrons. The molecule has 30 heavy (non-hydrogen) atoms. The summed E-state index contributed by atoms with van der Waals surface area (Å²) in [7, 11) is 0. The molecule has 0 radical (unpaired) electrons. The summed E-state index contributed by atoms with van der Waals surface area (Å²) in [5, 5.41) is 4.87. The van der Waals surface area contributed by atoms with Crippen LogP contribution in [-0.2, 0) is 9.53 Å². The number of rotatable bonds is 6. The van der Waals surface area contributed by atoms with E-state index < -0.39 is 0 Å². The Hall–Kier alpha value is -2.97. The minimum Gasteiger partial charge on any atom is -0.462 e. The van der Waals surface area contributed by atoms with Crippen molar-refractivity contribution in [2.75, 3.05) is 11.9 Å². The molecule has 0 aliphatic carbocycles. The average molecular weight is 438 g/mol. The van der Waals surface area contributed by atoms with Crippen LogP contribution in [0.3, 0.4) is 0 Å². The number of para-hydroxylation sites is 1. The molecule has 1 N–H and O–H groups in total. The monoisotopic (exact) mass is 437 g/mol. The van der Waals surface area contributed by atoms with Gasteiger partial charge >= 0.3 is 5.97 Å². The van der Waals surface area contributed by atoms with E-state index in [-0.39, 0.29) is 17.1 Å². The molecule has 2 heterocycles. The number of amides is 1. The SMILES string of the molecule is CCOC(=O)c1ccc2nc(NC(=O)C(C)Sc3ccc4ccccc4n3)sc2c1. The van der Waals surface area contributed by atoms with Crippen molar-refractivity contribution >= 4 is 61.2 Å². The Morgan fingerprint density at radius 3 is 2.77 bits per heavy atom. The first-order valence-electron chi connectivity index (χ1n) is 9.44. The van der Waals surface area contributed by atoms with Gasteiger partial charge in [-0.1, -0.05) is 47.4 Å². The molecule has 4 rings (SSSR count). The molecule has 0 aliphatic rings. The van der Waals surface area contributed by atoms with Crippen molar-refractivity contribution < 1.29 is 14.3 Å². The van der Waals surface area contributed by atoms with Crippen LogP contribution in [0, 0.1) is 0 Å². The highest BCUT2D eigenvalue weighted by Gasteiger charge is 2.18. The summed E-state index contributed by atoms with van der Waals surface area (Å²) in [6, 6.07) is 17.0. The summed E-state index contributed by atoms with van der Waals surface area (Å²) in [6.07, 6.45) is 0. The van der Waals surface area contributed by atoms with Gasteiger partial charge < -0.3 is 10.1 Å². The lowest BCUT2D eigenvalue weighted by Gasteiger charge is -2.10. The molecular weight excluding hydrogens is 418 g/mol. The molecule has 2 aromatic carbocycles. The minimum atomic E-state index is -0.369. The van der Waals surface area contributed by atoms with E-state index in [9.17, 15) is 9.59 Å². The summed E-state index contributed by atoms with van der Waals surface area (Å²) in [4.78, 5) is 33.6. The smallest absolute Gasteiger partial charge is 0.338 e. The molecule has 6 nitrogen and oxygen atoms in total. The third-order valence-electron chi connectivity index (χ3n) is 4.37. The van der Waals surface area contributed by atoms with Crippen LogP contribution in [0.4, 0.5) is 5.13 Å². The van der Waals surface area contributed by atoms with Crippen LogP contribution in [0.1, 0.15) is 24.2 Å². The Kier molecular flexibility index (Phi) is 5.96. The quantitative estimate of drug-likeness (QED) is 0.332. The second kappa shape index (κ2) is 8.81. The van der Waals surface area contributed by atoms with Gasteiger partial charge in [-0.05, 0) is 44.2 Å². The predicted octanol–water partition coefficient (Wildman–Crippen LogP) is 5.14. The van der Waals surface area contributed by atoms with E-state index in [0.29, 0.717) is 17.3 Å². The van der Waals surface area contributed by atoms with Crippen molar-refractivity contribution in [1.29, 1.82) is 0 Å². The van der Waals surface area contributed by atoms with Crippen molar-refractivity contribution in [3.8, 4) is 0 Å². The third-order valence-corrected chi connectivity index (χ3v) is 6.34. The number of benzene rings is 2. The standard InChI is InChI=1S/C22H19N3O3S2/c1-3-28-21(27)15-8-10-17-18(12-15)30-22(24-17)25-20(26)13(2)29-19-11-9-14-6-4-5-7-16(14)23-19/h4-13H,3H2,1-2H3,(H,24,25,26). The van der Waals surface area contributed by atoms with Crippen LogP contribution in [-0.4, -0.2) is 33.7 Å². The van der Waals surface area contributed by atoms with Gasteiger partial charge in [-0.2, -0.15) is 0 Å². The third kappa shape index (κ3) is 4.44. The Morgan fingerprint density at radius 1 is 1.10 bits per heavy atom. The van der Waals surface area contributed by atoms with Crippen LogP contribution >= 0.6 is 23.1 Å². The van der Waals surface area contributed by atoms with Gasteiger partial charge in [0.1, 0.15) is 0 Å². The normalized spacial score (nSPS) is 12.1. The van der Waals surface area contributed by atoms with Crippen molar-refractivity contribution in [3.63, 3.8) is 0 Å².